The van der Waals surface area contributed by atoms with Gasteiger partial charge < -0.3 is 5.32 Å². The van der Waals surface area contributed by atoms with Crippen molar-refractivity contribution in [2.45, 2.75) is 71.4 Å². The number of hydrogen-bond donors (Lipinski definition) is 1. The van der Waals surface area contributed by atoms with E-state index in [2.05, 4.69) is 33.0 Å². The molecule has 2 aliphatic rings. The summed E-state index contributed by atoms with van der Waals surface area (Å²) in [5, 5.41) is 3.81. The second kappa shape index (κ2) is 3.23. The minimum absolute atomic E-state index is 0.298. The Labute approximate surface area is 88.7 Å². The summed E-state index contributed by atoms with van der Waals surface area (Å²) >= 11 is 0. The van der Waals surface area contributed by atoms with Crippen LogP contribution in [0.25, 0.3) is 0 Å². The average molecular weight is 195 g/mol. The van der Waals surface area contributed by atoms with Crippen molar-refractivity contribution in [3.05, 3.63) is 0 Å². The van der Waals surface area contributed by atoms with Crippen LogP contribution in [-0.4, -0.2) is 11.6 Å². The first-order valence-electron chi connectivity index (χ1n) is 6.25. The van der Waals surface area contributed by atoms with Gasteiger partial charge in [-0.15, -0.1) is 0 Å². The Morgan fingerprint density at radius 2 is 1.86 bits per heavy atom. The summed E-state index contributed by atoms with van der Waals surface area (Å²) in [7, 11) is 0. The second-order valence-electron chi connectivity index (χ2n) is 6.36. The smallest absolute Gasteiger partial charge is 0.0131 e. The van der Waals surface area contributed by atoms with Crippen LogP contribution < -0.4 is 5.32 Å². The largest absolute Gasteiger partial charge is 0.309 e. The maximum Gasteiger partial charge on any atom is 0.0131 e. The van der Waals surface area contributed by atoms with Gasteiger partial charge in [0.2, 0.25) is 0 Å². The highest BCUT2D eigenvalue weighted by atomic mass is 15.0. The molecular weight excluding hydrogens is 170 g/mol. The van der Waals surface area contributed by atoms with Crippen LogP contribution in [0, 0.1) is 11.3 Å². The standard InChI is InChI=1S/C13H25N/c1-5-10-6-8-13(10)9-7-11(13)14-12(2,3)4/h10-11,14H,5-9H2,1-4H3. The maximum atomic E-state index is 3.81. The summed E-state index contributed by atoms with van der Waals surface area (Å²) in [4.78, 5) is 0. The molecule has 2 fully saturated rings. The molecule has 0 radical (unpaired) electrons. The van der Waals surface area contributed by atoms with Crippen molar-refractivity contribution in [1.82, 2.24) is 5.32 Å². The molecule has 2 rings (SSSR count). The van der Waals surface area contributed by atoms with Crippen LogP contribution in [0.5, 0.6) is 0 Å². The van der Waals surface area contributed by atoms with Gasteiger partial charge in [-0.25, -0.2) is 0 Å². The zero-order chi connectivity index (χ0) is 10.4. The van der Waals surface area contributed by atoms with E-state index in [1.165, 1.54) is 32.1 Å². The van der Waals surface area contributed by atoms with Crippen molar-refractivity contribution in [2.75, 3.05) is 0 Å². The van der Waals surface area contributed by atoms with Crippen molar-refractivity contribution < 1.29 is 0 Å². The molecule has 0 saturated heterocycles. The SMILES string of the molecule is CCC1CCC12CCC2NC(C)(C)C. The van der Waals surface area contributed by atoms with Gasteiger partial charge in [0.15, 0.2) is 0 Å². The predicted molar refractivity (Wildman–Crippen MR) is 61.4 cm³/mol. The van der Waals surface area contributed by atoms with E-state index in [0.717, 1.165) is 17.4 Å². The van der Waals surface area contributed by atoms with Gasteiger partial charge in [0.05, 0.1) is 0 Å². The molecule has 0 aliphatic heterocycles. The highest BCUT2D eigenvalue weighted by Crippen LogP contribution is 2.61. The molecule has 3 unspecified atom stereocenters. The van der Waals surface area contributed by atoms with Crippen molar-refractivity contribution in [3.8, 4) is 0 Å². The molecule has 3 atom stereocenters. The summed E-state index contributed by atoms with van der Waals surface area (Å²) < 4.78 is 0. The molecule has 82 valence electrons. The molecule has 0 aromatic rings. The zero-order valence-electron chi connectivity index (χ0n) is 10.2. The maximum absolute atomic E-state index is 3.81. The van der Waals surface area contributed by atoms with Gasteiger partial charge in [-0.2, -0.15) is 0 Å². The van der Waals surface area contributed by atoms with E-state index in [1.54, 1.807) is 0 Å². The lowest BCUT2D eigenvalue weighted by Gasteiger charge is -2.62. The molecule has 0 aromatic carbocycles. The fourth-order valence-corrected chi connectivity index (χ4v) is 3.52. The summed E-state index contributed by atoms with van der Waals surface area (Å²) in [5.74, 6) is 1.02. The third-order valence-corrected chi connectivity index (χ3v) is 4.46. The molecule has 0 heterocycles. The molecular formula is C13H25N. The Morgan fingerprint density at radius 1 is 1.21 bits per heavy atom. The average Bonchev–Trinajstić information content (AvgIpc) is 1.96. The number of rotatable bonds is 2. The molecule has 1 heteroatoms. The molecule has 2 saturated carbocycles. The summed E-state index contributed by atoms with van der Waals surface area (Å²) in [6, 6.07) is 0.821. The fourth-order valence-electron chi connectivity index (χ4n) is 3.52. The minimum atomic E-state index is 0.298. The van der Waals surface area contributed by atoms with E-state index >= 15 is 0 Å². The Morgan fingerprint density at radius 3 is 2.14 bits per heavy atom. The van der Waals surface area contributed by atoms with Crippen molar-refractivity contribution >= 4 is 0 Å². The van der Waals surface area contributed by atoms with Crippen LogP contribution in [0.4, 0.5) is 0 Å². The van der Waals surface area contributed by atoms with Gasteiger partial charge in [-0.1, -0.05) is 13.3 Å². The van der Waals surface area contributed by atoms with Gasteiger partial charge in [0.1, 0.15) is 0 Å². The van der Waals surface area contributed by atoms with Gasteiger partial charge in [-0.05, 0) is 57.8 Å². The summed E-state index contributed by atoms with van der Waals surface area (Å²) in [6.45, 7) is 9.23. The van der Waals surface area contributed by atoms with E-state index in [0.29, 0.717) is 5.54 Å². The highest BCUT2D eigenvalue weighted by molar-refractivity contribution is 5.10. The first-order chi connectivity index (χ1) is 6.48. The normalized spacial score (nSPS) is 42.0. The molecule has 2 aliphatic carbocycles. The van der Waals surface area contributed by atoms with E-state index < -0.39 is 0 Å². The number of hydrogen-bond acceptors (Lipinski definition) is 1. The van der Waals surface area contributed by atoms with Crippen LogP contribution in [0.15, 0.2) is 0 Å². The van der Waals surface area contributed by atoms with Crippen molar-refractivity contribution in [2.24, 2.45) is 11.3 Å². The minimum Gasteiger partial charge on any atom is -0.309 e. The molecule has 1 nitrogen and oxygen atoms in total. The van der Waals surface area contributed by atoms with Gasteiger partial charge in [0, 0.05) is 11.6 Å². The van der Waals surface area contributed by atoms with Gasteiger partial charge >= 0.3 is 0 Å². The Hall–Kier alpha value is -0.0400. The van der Waals surface area contributed by atoms with E-state index in [-0.39, 0.29) is 0 Å². The topological polar surface area (TPSA) is 12.0 Å². The first kappa shape index (κ1) is 10.5. The molecule has 1 spiro atoms. The second-order valence-corrected chi connectivity index (χ2v) is 6.36. The van der Waals surface area contributed by atoms with Crippen LogP contribution in [0.1, 0.15) is 59.8 Å². The van der Waals surface area contributed by atoms with Crippen LogP contribution >= 0.6 is 0 Å². The zero-order valence-corrected chi connectivity index (χ0v) is 10.2. The third-order valence-electron chi connectivity index (χ3n) is 4.46. The summed E-state index contributed by atoms with van der Waals surface area (Å²) in [6.07, 6.45) is 7.26. The van der Waals surface area contributed by atoms with E-state index in [4.69, 9.17) is 0 Å². The lowest BCUT2D eigenvalue weighted by Crippen LogP contribution is -2.64. The lowest BCUT2D eigenvalue weighted by molar-refractivity contribution is -0.0935. The van der Waals surface area contributed by atoms with Crippen LogP contribution in [-0.2, 0) is 0 Å². The van der Waals surface area contributed by atoms with Gasteiger partial charge in [0.25, 0.3) is 0 Å². The third kappa shape index (κ3) is 1.50. The predicted octanol–water partition coefficient (Wildman–Crippen LogP) is 3.34. The van der Waals surface area contributed by atoms with E-state index in [9.17, 15) is 0 Å². The Balaban J connectivity index is 1.96. The van der Waals surface area contributed by atoms with E-state index in [1.807, 2.05) is 0 Å². The fraction of sp³-hybridized carbons (Fsp3) is 1.00. The number of nitrogens with one attached hydrogen (secondary N) is 1. The molecule has 0 aromatic heterocycles. The monoisotopic (exact) mass is 195 g/mol. The summed E-state index contributed by atoms with van der Waals surface area (Å²) in [5.41, 5.74) is 1.02. The lowest BCUT2D eigenvalue weighted by atomic mass is 9.46. The Kier molecular flexibility index (Phi) is 2.42. The quantitative estimate of drug-likeness (QED) is 0.712. The first-order valence-corrected chi connectivity index (χ1v) is 6.25. The van der Waals surface area contributed by atoms with Gasteiger partial charge in [-0.3, -0.25) is 0 Å². The van der Waals surface area contributed by atoms with Crippen LogP contribution in [0.3, 0.4) is 0 Å². The Bertz CT molecular complexity index is 210. The molecule has 0 amide bonds. The molecule has 14 heavy (non-hydrogen) atoms. The van der Waals surface area contributed by atoms with Crippen molar-refractivity contribution in [1.29, 1.82) is 0 Å². The highest BCUT2D eigenvalue weighted by Gasteiger charge is 2.56. The van der Waals surface area contributed by atoms with Crippen LogP contribution in [0.2, 0.25) is 0 Å². The molecule has 0 bridgehead atoms. The molecule has 1 N–H and O–H groups in total. The van der Waals surface area contributed by atoms with Crippen molar-refractivity contribution in [3.63, 3.8) is 0 Å².